The third kappa shape index (κ3) is 8.09. The predicted molar refractivity (Wildman–Crippen MR) is 130 cm³/mol. The van der Waals surface area contributed by atoms with Crippen LogP contribution in [0.25, 0.3) is 11.0 Å². The molecule has 0 saturated carbocycles. The van der Waals surface area contributed by atoms with E-state index < -0.39 is 84.5 Å². The third-order valence-corrected chi connectivity index (χ3v) is 9.39. The van der Waals surface area contributed by atoms with Gasteiger partial charge in [0, 0.05) is 12.3 Å². The standard InChI is InChI=1S/C18H19F3N3O17P3/c19-18(20,21)38-9-2-1-3-10-13(9)8(22-39-10)6-24-12(25)4-5-23(17(24)28)16-15(27)14(26)11(37-16)7-36-43(32,33)41-44(34,35)40-42(29,30)31/h1-5,11,14-16,26-27H,6-7H2,(H,32,33)(H,34,35)(H2,29,30,31)/t11-,14+,15+,16-/m1/s1. The van der Waals surface area contributed by atoms with Crippen molar-refractivity contribution < 1.29 is 83.8 Å². The predicted octanol–water partition coefficient (Wildman–Crippen LogP) is 0.0606. The Kier molecular flexibility index (Phi) is 9.47. The molecule has 1 aliphatic rings. The summed E-state index contributed by atoms with van der Waals surface area (Å²) in [5.41, 5.74) is -2.75. The van der Waals surface area contributed by atoms with Crippen LogP contribution in [0.5, 0.6) is 5.75 Å². The zero-order valence-electron chi connectivity index (χ0n) is 21.1. The van der Waals surface area contributed by atoms with Crippen molar-refractivity contribution >= 4 is 34.4 Å². The second-order valence-electron chi connectivity index (χ2n) is 8.67. The van der Waals surface area contributed by atoms with E-state index >= 15 is 0 Å². The topological polar surface area (TPSA) is 289 Å². The van der Waals surface area contributed by atoms with Crippen molar-refractivity contribution in [2.45, 2.75) is 37.4 Å². The maximum atomic E-state index is 13.2. The molecule has 0 spiro atoms. The largest absolute Gasteiger partial charge is 0.573 e. The lowest BCUT2D eigenvalue weighted by atomic mass is 10.1. The molecule has 26 heteroatoms. The molecule has 1 aliphatic heterocycles. The lowest BCUT2D eigenvalue weighted by Gasteiger charge is -2.19. The average molecular weight is 699 g/mol. The molecule has 2 aromatic heterocycles. The zero-order valence-corrected chi connectivity index (χ0v) is 23.8. The highest BCUT2D eigenvalue weighted by atomic mass is 31.3. The first-order chi connectivity index (χ1) is 20.2. The van der Waals surface area contributed by atoms with E-state index in [1.165, 1.54) is 12.1 Å². The van der Waals surface area contributed by atoms with Crippen molar-refractivity contribution in [3.63, 3.8) is 0 Å². The number of hydrogen-bond donors (Lipinski definition) is 6. The summed E-state index contributed by atoms with van der Waals surface area (Å²) in [5.74, 6) is -0.743. The lowest BCUT2D eigenvalue weighted by Crippen LogP contribution is -2.43. The van der Waals surface area contributed by atoms with E-state index in [1.54, 1.807) is 0 Å². The molecule has 4 rings (SSSR count). The van der Waals surface area contributed by atoms with Crippen LogP contribution in [0.4, 0.5) is 13.2 Å². The molecule has 1 aromatic carbocycles. The van der Waals surface area contributed by atoms with Gasteiger partial charge in [-0.25, -0.2) is 18.5 Å². The summed E-state index contributed by atoms with van der Waals surface area (Å²) >= 11 is 0. The van der Waals surface area contributed by atoms with E-state index in [1.807, 2.05) is 0 Å². The smallest absolute Gasteiger partial charge is 0.405 e. The second kappa shape index (κ2) is 12.2. The van der Waals surface area contributed by atoms with E-state index in [0.29, 0.717) is 9.13 Å². The molecule has 3 heterocycles. The van der Waals surface area contributed by atoms with Gasteiger partial charge in [0.15, 0.2) is 11.8 Å². The molecule has 0 radical (unpaired) electrons. The molecule has 20 nitrogen and oxygen atoms in total. The van der Waals surface area contributed by atoms with Crippen LogP contribution in [0.3, 0.4) is 0 Å². The van der Waals surface area contributed by atoms with Crippen LogP contribution in [-0.4, -0.2) is 75.4 Å². The van der Waals surface area contributed by atoms with Gasteiger partial charge in [-0.2, -0.15) is 8.62 Å². The number of nitrogens with zero attached hydrogens (tertiary/aromatic N) is 3. The molecule has 6 atom stereocenters. The van der Waals surface area contributed by atoms with Gasteiger partial charge in [-0.05, 0) is 12.1 Å². The summed E-state index contributed by atoms with van der Waals surface area (Å²) in [5, 5.41) is 24.1. The Morgan fingerprint density at radius 2 is 1.66 bits per heavy atom. The fraction of sp³-hybridized carbons (Fsp3) is 0.389. The highest BCUT2D eigenvalue weighted by Crippen LogP contribution is 2.66. The number of halogens is 3. The summed E-state index contributed by atoms with van der Waals surface area (Å²) < 4.78 is 99.6. The Morgan fingerprint density at radius 3 is 2.30 bits per heavy atom. The molecule has 1 saturated heterocycles. The number of aliphatic hydroxyl groups excluding tert-OH is 2. The average Bonchev–Trinajstić information content (AvgIpc) is 3.39. The molecule has 3 aromatic rings. The third-order valence-electron chi connectivity index (χ3n) is 5.59. The van der Waals surface area contributed by atoms with Crippen LogP contribution < -0.4 is 16.0 Å². The number of aliphatic hydroxyl groups is 2. The van der Waals surface area contributed by atoms with Crippen LogP contribution >= 0.6 is 23.5 Å². The van der Waals surface area contributed by atoms with E-state index in [2.05, 4.69) is 23.0 Å². The van der Waals surface area contributed by atoms with Gasteiger partial charge in [0.1, 0.15) is 29.8 Å². The highest BCUT2D eigenvalue weighted by Gasteiger charge is 2.47. The SMILES string of the molecule is O=c1ccn([C@@H]2O[C@H](COP(=O)(O)OP(=O)(O)OP(=O)(O)O)[C@H](O)[C@@H]2O)c(=O)n1Cc1noc2cccc(OC(F)(F)F)c12. The van der Waals surface area contributed by atoms with Gasteiger partial charge in [-0.15, -0.1) is 13.2 Å². The minimum atomic E-state index is -5.86. The van der Waals surface area contributed by atoms with E-state index in [4.69, 9.17) is 19.0 Å². The quantitative estimate of drug-likeness (QED) is 0.144. The van der Waals surface area contributed by atoms with Crippen molar-refractivity contribution in [2.24, 2.45) is 0 Å². The number of phosphoric ester groups is 1. The number of rotatable bonds is 11. The number of hydrogen-bond acceptors (Lipinski definition) is 14. The van der Waals surface area contributed by atoms with Gasteiger partial charge < -0.3 is 43.8 Å². The van der Waals surface area contributed by atoms with Gasteiger partial charge in [0.25, 0.3) is 5.56 Å². The fourth-order valence-electron chi connectivity index (χ4n) is 3.93. The number of aromatic nitrogens is 3. The molecule has 2 unspecified atom stereocenters. The molecule has 0 bridgehead atoms. The van der Waals surface area contributed by atoms with Crippen molar-refractivity contribution in [2.75, 3.05) is 6.61 Å². The maximum absolute atomic E-state index is 13.2. The van der Waals surface area contributed by atoms with Crippen LogP contribution in [0.2, 0.25) is 0 Å². The summed E-state index contributed by atoms with van der Waals surface area (Å²) in [4.78, 5) is 61.7. The number of fused-ring (bicyclic) bond motifs is 1. The molecule has 1 fully saturated rings. The van der Waals surface area contributed by atoms with Crippen LogP contribution in [-0.2, 0) is 38.1 Å². The minimum Gasteiger partial charge on any atom is -0.405 e. The molecule has 244 valence electrons. The van der Waals surface area contributed by atoms with E-state index in [0.717, 1.165) is 18.3 Å². The Labute approximate surface area is 239 Å². The van der Waals surface area contributed by atoms with Crippen molar-refractivity contribution in [1.82, 2.24) is 14.3 Å². The first-order valence-electron chi connectivity index (χ1n) is 11.4. The summed E-state index contributed by atoms with van der Waals surface area (Å²) in [6.07, 6.45) is -11.9. The molecule has 0 aliphatic carbocycles. The summed E-state index contributed by atoms with van der Waals surface area (Å²) in [6.45, 7) is -1.97. The summed E-state index contributed by atoms with van der Waals surface area (Å²) in [7, 11) is -17.2. The van der Waals surface area contributed by atoms with Crippen LogP contribution in [0.1, 0.15) is 11.9 Å². The first kappa shape index (κ1) is 34.1. The maximum Gasteiger partial charge on any atom is 0.573 e. The van der Waals surface area contributed by atoms with Crippen molar-refractivity contribution in [1.29, 1.82) is 0 Å². The van der Waals surface area contributed by atoms with Gasteiger partial charge in [-0.1, -0.05) is 11.2 Å². The minimum absolute atomic E-state index is 0.178. The molecule has 6 N–H and O–H groups in total. The Hall–Kier alpha value is -2.75. The monoisotopic (exact) mass is 699 g/mol. The van der Waals surface area contributed by atoms with Crippen LogP contribution in [0, 0.1) is 0 Å². The molecule has 44 heavy (non-hydrogen) atoms. The zero-order chi connectivity index (χ0) is 32.8. The van der Waals surface area contributed by atoms with Gasteiger partial charge in [-0.3, -0.25) is 18.5 Å². The van der Waals surface area contributed by atoms with Crippen LogP contribution in [0.15, 0.2) is 44.6 Å². The normalized spacial score (nSPS) is 23.8. The number of ether oxygens (including phenoxy) is 2. The molecule has 0 amide bonds. The van der Waals surface area contributed by atoms with Gasteiger partial charge in [0.05, 0.1) is 18.5 Å². The number of phosphoric acid groups is 3. The van der Waals surface area contributed by atoms with E-state index in [-0.39, 0.29) is 16.7 Å². The van der Waals surface area contributed by atoms with Crippen molar-refractivity contribution in [3.8, 4) is 5.75 Å². The van der Waals surface area contributed by atoms with Crippen molar-refractivity contribution in [3.05, 3.63) is 57.0 Å². The summed E-state index contributed by atoms with van der Waals surface area (Å²) in [6, 6.07) is 4.15. The Balaban J connectivity index is 1.55. The molecular formula is C18H19F3N3O17P3. The molecular weight excluding hydrogens is 680 g/mol. The number of benzene rings is 1. The highest BCUT2D eigenvalue weighted by molar-refractivity contribution is 7.66. The Bertz CT molecular complexity index is 1800. The fourth-order valence-corrected chi connectivity index (χ4v) is 6.96. The lowest BCUT2D eigenvalue weighted by molar-refractivity contribution is -0.274. The number of alkyl halides is 3. The second-order valence-corrected chi connectivity index (χ2v) is 13.1. The van der Waals surface area contributed by atoms with Gasteiger partial charge in [0.2, 0.25) is 0 Å². The Morgan fingerprint density at radius 1 is 0.977 bits per heavy atom. The first-order valence-corrected chi connectivity index (χ1v) is 15.9. The van der Waals surface area contributed by atoms with Gasteiger partial charge >= 0.3 is 35.5 Å². The van der Waals surface area contributed by atoms with E-state index in [9.17, 15) is 56.5 Å².